The molecular formula is C61H45N. The van der Waals surface area contributed by atoms with Crippen molar-refractivity contribution in [3.8, 4) is 66.8 Å². The number of hydrogen-bond acceptors (Lipinski definition) is 0. The van der Waals surface area contributed by atoms with Gasteiger partial charge in [-0.15, -0.1) is 0 Å². The second-order valence-corrected chi connectivity index (χ2v) is 17.5. The van der Waals surface area contributed by atoms with Gasteiger partial charge in [-0.2, -0.15) is 0 Å². The van der Waals surface area contributed by atoms with E-state index in [1.54, 1.807) is 0 Å². The molecule has 1 aliphatic heterocycles. The molecule has 0 fully saturated rings. The lowest BCUT2D eigenvalue weighted by Crippen LogP contribution is -1.99. The summed E-state index contributed by atoms with van der Waals surface area (Å²) in [5, 5.41) is 7.74. The van der Waals surface area contributed by atoms with Crippen molar-refractivity contribution < 1.29 is 0 Å². The highest BCUT2D eigenvalue weighted by Gasteiger charge is 2.24. The number of aryl methyl sites for hydroxylation is 2. The van der Waals surface area contributed by atoms with E-state index in [0.717, 1.165) is 6.42 Å². The predicted molar refractivity (Wildman–Crippen MR) is 265 cm³/mol. The molecule has 1 nitrogen and oxygen atoms in total. The van der Waals surface area contributed by atoms with Crippen molar-refractivity contribution in [3.63, 3.8) is 0 Å². The van der Waals surface area contributed by atoms with Crippen LogP contribution >= 0.6 is 0 Å². The van der Waals surface area contributed by atoms with Crippen LogP contribution in [0.25, 0.3) is 110 Å². The van der Waals surface area contributed by atoms with E-state index in [1.807, 2.05) is 0 Å². The average Bonchev–Trinajstić information content (AvgIpc) is 3.85. The maximum absolute atomic E-state index is 2.55. The Morgan fingerprint density at radius 2 is 0.758 bits per heavy atom. The van der Waals surface area contributed by atoms with E-state index in [4.69, 9.17) is 0 Å². The highest BCUT2D eigenvalue weighted by molar-refractivity contribution is 6.22. The lowest BCUT2D eigenvalue weighted by Gasteiger charge is -2.20. The Bertz CT molecular complexity index is 3520. The van der Waals surface area contributed by atoms with E-state index in [1.165, 1.54) is 127 Å². The smallest absolute Gasteiger partial charge is 0.0527 e. The molecule has 0 saturated carbocycles. The van der Waals surface area contributed by atoms with Crippen LogP contribution in [0.2, 0.25) is 0 Å². The van der Waals surface area contributed by atoms with Crippen LogP contribution in [0.1, 0.15) is 29.7 Å². The van der Waals surface area contributed by atoms with Crippen LogP contribution < -0.4 is 0 Å². The Balaban J connectivity index is 0.982. The summed E-state index contributed by atoms with van der Waals surface area (Å²) >= 11 is 0. The SMILES string of the molecule is Cc1ccc(-c2ccc3c(-c4ccc(-c5ccc(-c6ccc7c(c6)c6cccc8c6n7[C@@H](C)C8)cc5)cc4)c4cc(-c5ccc(C)cc5)ccc4c(-c4ccccc4)c3c2)cc1. The number of aromatic nitrogens is 1. The van der Waals surface area contributed by atoms with E-state index in [2.05, 4.69) is 226 Å². The summed E-state index contributed by atoms with van der Waals surface area (Å²) in [6, 6.07) is 75.6. The average molecular weight is 792 g/mol. The van der Waals surface area contributed by atoms with Gasteiger partial charge in [0.2, 0.25) is 0 Å². The number of rotatable bonds is 6. The Hall–Kier alpha value is -7.48. The standard InChI is InChI=1S/C61H45N/c1-38-12-16-43(17-13-38)48-29-32-53-56(36-48)59(46-8-5-4-6-9-46)52-31-28-49(44-18-14-39(2)15-19-44)37-57(52)60(53)47-26-24-42(25-27-47)41-20-22-45(23-21-41)50-30-33-58-55(35-50)54-11-7-10-51-34-40(3)62(58)61(51)54/h4-33,35-37,40H,34H2,1-3H3/t40-/m0/s1. The second kappa shape index (κ2) is 14.3. The van der Waals surface area contributed by atoms with Crippen LogP contribution in [0.4, 0.5) is 0 Å². The van der Waals surface area contributed by atoms with Crippen molar-refractivity contribution in [2.45, 2.75) is 33.2 Å². The number of para-hydroxylation sites is 1. The molecule has 0 bridgehead atoms. The van der Waals surface area contributed by atoms with Crippen LogP contribution in [0.15, 0.2) is 200 Å². The molecule has 0 radical (unpaired) electrons. The molecule has 0 saturated heterocycles. The van der Waals surface area contributed by atoms with Crippen molar-refractivity contribution in [2.75, 3.05) is 0 Å². The first kappa shape index (κ1) is 36.4. The molecule has 10 aromatic carbocycles. The molecule has 0 amide bonds. The van der Waals surface area contributed by atoms with Gasteiger partial charge >= 0.3 is 0 Å². The molecule has 0 N–H and O–H groups in total. The fourth-order valence-corrected chi connectivity index (χ4v) is 10.4. The fourth-order valence-electron chi connectivity index (χ4n) is 10.4. The molecule has 1 atom stereocenters. The van der Waals surface area contributed by atoms with Crippen LogP contribution in [-0.4, -0.2) is 4.57 Å². The molecule has 11 aromatic rings. The first-order valence-electron chi connectivity index (χ1n) is 21.9. The zero-order chi connectivity index (χ0) is 41.5. The Morgan fingerprint density at radius 1 is 0.339 bits per heavy atom. The summed E-state index contributed by atoms with van der Waals surface area (Å²) in [5.41, 5.74) is 21.5. The molecule has 0 aliphatic carbocycles. The Labute approximate surface area is 363 Å². The summed E-state index contributed by atoms with van der Waals surface area (Å²) in [6.07, 6.45) is 1.12. The second-order valence-electron chi connectivity index (χ2n) is 17.5. The molecule has 12 rings (SSSR count). The number of hydrogen-bond donors (Lipinski definition) is 0. The van der Waals surface area contributed by atoms with Crippen molar-refractivity contribution in [3.05, 3.63) is 217 Å². The molecular weight excluding hydrogens is 747 g/mol. The van der Waals surface area contributed by atoms with Crippen molar-refractivity contribution >= 4 is 43.4 Å². The molecule has 1 aromatic heterocycles. The largest absolute Gasteiger partial charge is 0.337 e. The monoisotopic (exact) mass is 791 g/mol. The van der Waals surface area contributed by atoms with Gasteiger partial charge in [-0.05, 0) is 145 Å². The zero-order valence-corrected chi connectivity index (χ0v) is 35.3. The van der Waals surface area contributed by atoms with Gasteiger partial charge in [-0.1, -0.05) is 187 Å². The van der Waals surface area contributed by atoms with E-state index in [-0.39, 0.29) is 0 Å². The lowest BCUT2D eigenvalue weighted by molar-refractivity contribution is 0.613. The third kappa shape index (κ3) is 5.91. The molecule has 1 aliphatic rings. The molecule has 294 valence electrons. The fraction of sp³-hybridized carbons (Fsp3) is 0.0820. The third-order valence-electron chi connectivity index (χ3n) is 13.5. The van der Waals surface area contributed by atoms with E-state index >= 15 is 0 Å². The minimum atomic E-state index is 0.489. The maximum Gasteiger partial charge on any atom is 0.0527 e. The van der Waals surface area contributed by atoms with Gasteiger partial charge in [0.05, 0.1) is 5.52 Å². The topological polar surface area (TPSA) is 4.93 Å². The summed E-state index contributed by atoms with van der Waals surface area (Å²) in [5.74, 6) is 0. The first-order valence-corrected chi connectivity index (χ1v) is 21.9. The van der Waals surface area contributed by atoms with Crippen molar-refractivity contribution in [2.24, 2.45) is 0 Å². The van der Waals surface area contributed by atoms with Crippen molar-refractivity contribution in [1.29, 1.82) is 0 Å². The van der Waals surface area contributed by atoms with Gasteiger partial charge < -0.3 is 4.57 Å². The molecule has 62 heavy (non-hydrogen) atoms. The van der Waals surface area contributed by atoms with Gasteiger partial charge in [-0.3, -0.25) is 0 Å². The molecule has 1 heteroatoms. The van der Waals surface area contributed by atoms with Gasteiger partial charge in [0.15, 0.2) is 0 Å². The highest BCUT2D eigenvalue weighted by Crippen LogP contribution is 2.47. The van der Waals surface area contributed by atoms with E-state index in [0.29, 0.717) is 6.04 Å². The number of benzene rings is 10. The van der Waals surface area contributed by atoms with Crippen LogP contribution in [0.5, 0.6) is 0 Å². The van der Waals surface area contributed by atoms with Crippen molar-refractivity contribution in [1.82, 2.24) is 4.57 Å². The quantitative estimate of drug-likeness (QED) is 0.148. The van der Waals surface area contributed by atoms with Crippen LogP contribution in [0, 0.1) is 13.8 Å². The maximum atomic E-state index is 2.55. The summed E-state index contributed by atoms with van der Waals surface area (Å²) in [4.78, 5) is 0. The molecule has 0 unspecified atom stereocenters. The summed E-state index contributed by atoms with van der Waals surface area (Å²) in [7, 11) is 0. The number of nitrogens with zero attached hydrogens (tertiary/aromatic N) is 1. The van der Waals surface area contributed by atoms with Gasteiger partial charge in [0, 0.05) is 22.3 Å². The molecule has 0 spiro atoms. The Morgan fingerprint density at radius 3 is 1.29 bits per heavy atom. The minimum absolute atomic E-state index is 0.489. The summed E-state index contributed by atoms with van der Waals surface area (Å²) in [6.45, 7) is 6.64. The lowest BCUT2D eigenvalue weighted by atomic mass is 9.83. The van der Waals surface area contributed by atoms with Crippen LogP contribution in [0.3, 0.4) is 0 Å². The van der Waals surface area contributed by atoms with E-state index < -0.39 is 0 Å². The third-order valence-corrected chi connectivity index (χ3v) is 13.5. The van der Waals surface area contributed by atoms with Crippen LogP contribution in [-0.2, 0) is 6.42 Å². The predicted octanol–water partition coefficient (Wildman–Crippen LogP) is 16.8. The van der Waals surface area contributed by atoms with E-state index in [9.17, 15) is 0 Å². The van der Waals surface area contributed by atoms with Gasteiger partial charge in [-0.25, -0.2) is 0 Å². The Kier molecular flexibility index (Phi) is 8.40. The van der Waals surface area contributed by atoms with Gasteiger partial charge in [0.1, 0.15) is 0 Å². The zero-order valence-electron chi connectivity index (χ0n) is 35.3. The van der Waals surface area contributed by atoms with Gasteiger partial charge in [0.25, 0.3) is 0 Å². The minimum Gasteiger partial charge on any atom is -0.337 e. The highest BCUT2D eigenvalue weighted by atomic mass is 15.0. The molecule has 2 heterocycles. The summed E-state index contributed by atoms with van der Waals surface area (Å²) < 4.78 is 2.55. The number of fused-ring (bicyclic) bond motifs is 5. The first-order chi connectivity index (χ1) is 30.4. The normalized spacial score (nSPS) is 13.5.